The second-order valence-electron chi connectivity index (χ2n) is 7.33. The fraction of sp³-hybridized carbons (Fsp3) is 0.409. The molecule has 152 valence electrons. The largest absolute Gasteiger partial charge is 0.493 e. The van der Waals surface area contributed by atoms with Gasteiger partial charge in [-0.25, -0.2) is 4.79 Å². The van der Waals surface area contributed by atoms with Crippen LogP contribution in [0.4, 0.5) is 5.69 Å². The molecular formula is C22H30N2O4. The summed E-state index contributed by atoms with van der Waals surface area (Å²) in [6.07, 6.45) is 0.903. The van der Waals surface area contributed by atoms with E-state index in [1.54, 1.807) is 12.1 Å². The number of rotatable bonds is 11. The van der Waals surface area contributed by atoms with Gasteiger partial charge in [-0.15, -0.1) is 0 Å². The number of nitrogens with one attached hydrogen (secondary N) is 1. The van der Waals surface area contributed by atoms with E-state index in [1.165, 1.54) is 13.8 Å². The molecule has 0 aliphatic rings. The predicted octanol–water partition coefficient (Wildman–Crippen LogP) is 3.55. The van der Waals surface area contributed by atoms with Crippen LogP contribution in [0.2, 0.25) is 0 Å². The second kappa shape index (κ2) is 9.99. The topological polar surface area (TPSA) is 71.0 Å². The Bertz CT molecular complexity index is 757. The van der Waals surface area contributed by atoms with Gasteiger partial charge in [-0.2, -0.15) is 0 Å². The predicted molar refractivity (Wildman–Crippen MR) is 111 cm³/mol. The molecule has 0 aliphatic carbocycles. The number of anilines is 1. The summed E-state index contributed by atoms with van der Waals surface area (Å²) in [6.45, 7) is 5.30. The zero-order chi connectivity index (χ0) is 20.6. The van der Waals surface area contributed by atoms with Gasteiger partial charge in [-0.3, -0.25) is 0 Å². The summed E-state index contributed by atoms with van der Waals surface area (Å²) in [6, 6.07) is 15.5. The van der Waals surface area contributed by atoms with Crippen molar-refractivity contribution in [2.75, 3.05) is 32.1 Å². The Morgan fingerprint density at radius 1 is 1.11 bits per heavy atom. The molecule has 0 saturated carbocycles. The van der Waals surface area contributed by atoms with Gasteiger partial charge >= 0.3 is 5.97 Å². The van der Waals surface area contributed by atoms with Gasteiger partial charge in [0.2, 0.25) is 0 Å². The molecule has 2 aromatic rings. The van der Waals surface area contributed by atoms with Crippen molar-refractivity contribution in [3.63, 3.8) is 0 Å². The van der Waals surface area contributed by atoms with Gasteiger partial charge in [-0.05, 0) is 56.6 Å². The van der Waals surface area contributed by atoms with Crippen LogP contribution in [0.25, 0.3) is 0 Å². The van der Waals surface area contributed by atoms with Crippen molar-refractivity contribution in [1.82, 2.24) is 5.32 Å². The fourth-order valence-corrected chi connectivity index (χ4v) is 2.49. The fourth-order valence-electron chi connectivity index (χ4n) is 2.49. The van der Waals surface area contributed by atoms with Crippen molar-refractivity contribution in [1.29, 1.82) is 0 Å². The van der Waals surface area contributed by atoms with Gasteiger partial charge in [0.1, 0.15) is 11.5 Å². The van der Waals surface area contributed by atoms with Crippen LogP contribution in [0.5, 0.6) is 11.5 Å². The minimum Gasteiger partial charge on any atom is -0.493 e. The van der Waals surface area contributed by atoms with Gasteiger partial charge in [0.15, 0.2) is 5.60 Å². The highest BCUT2D eigenvalue weighted by Gasteiger charge is 2.29. The van der Waals surface area contributed by atoms with E-state index in [0.29, 0.717) is 12.4 Å². The third-order valence-electron chi connectivity index (χ3n) is 4.24. The van der Waals surface area contributed by atoms with Crippen molar-refractivity contribution < 1.29 is 19.4 Å². The summed E-state index contributed by atoms with van der Waals surface area (Å²) >= 11 is 0. The summed E-state index contributed by atoms with van der Waals surface area (Å²) in [5.74, 6) is 0.435. The number of carboxylic acid groups (broad SMARTS) is 1. The van der Waals surface area contributed by atoms with Gasteiger partial charge in [-0.1, -0.05) is 18.2 Å². The number of carboxylic acids is 1. The van der Waals surface area contributed by atoms with Crippen molar-refractivity contribution in [2.24, 2.45) is 0 Å². The molecule has 6 heteroatoms. The maximum atomic E-state index is 11.1. The third kappa shape index (κ3) is 6.78. The molecule has 0 atom stereocenters. The van der Waals surface area contributed by atoms with E-state index in [0.717, 1.165) is 36.5 Å². The molecule has 0 aromatic heterocycles. The van der Waals surface area contributed by atoms with E-state index >= 15 is 0 Å². The highest BCUT2D eigenvalue weighted by molar-refractivity contribution is 5.76. The lowest BCUT2D eigenvalue weighted by Gasteiger charge is -2.21. The molecule has 0 heterocycles. The van der Waals surface area contributed by atoms with Crippen LogP contribution < -0.4 is 19.7 Å². The molecule has 0 amide bonds. The number of nitrogens with zero attached hydrogens (tertiary/aromatic N) is 1. The lowest BCUT2D eigenvalue weighted by Crippen LogP contribution is -2.37. The number of benzene rings is 2. The second-order valence-corrected chi connectivity index (χ2v) is 7.33. The summed E-state index contributed by atoms with van der Waals surface area (Å²) in [5, 5.41) is 12.5. The smallest absolute Gasteiger partial charge is 0.347 e. The summed E-state index contributed by atoms with van der Waals surface area (Å²) in [7, 11) is 4.02. The van der Waals surface area contributed by atoms with Crippen LogP contribution >= 0.6 is 0 Å². The van der Waals surface area contributed by atoms with Crippen molar-refractivity contribution >= 4 is 11.7 Å². The first-order chi connectivity index (χ1) is 13.3. The van der Waals surface area contributed by atoms with Gasteiger partial charge in [0, 0.05) is 32.4 Å². The van der Waals surface area contributed by atoms with Crippen molar-refractivity contribution in [3.8, 4) is 11.5 Å². The van der Waals surface area contributed by atoms with Crippen LogP contribution in [0, 0.1) is 0 Å². The third-order valence-corrected chi connectivity index (χ3v) is 4.24. The highest BCUT2D eigenvalue weighted by Crippen LogP contribution is 2.20. The van der Waals surface area contributed by atoms with Crippen LogP contribution in [0.3, 0.4) is 0 Å². The number of carbonyl (C=O) groups is 1. The Balaban J connectivity index is 1.67. The van der Waals surface area contributed by atoms with Gasteiger partial charge in [0.25, 0.3) is 0 Å². The van der Waals surface area contributed by atoms with E-state index < -0.39 is 11.6 Å². The summed E-state index contributed by atoms with van der Waals surface area (Å²) < 4.78 is 11.3. The van der Waals surface area contributed by atoms with E-state index in [1.807, 2.05) is 55.4 Å². The Morgan fingerprint density at radius 3 is 2.46 bits per heavy atom. The first-order valence-electron chi connectivity index (χ1n) is 9.40. The molecule has 2 aromatic carbocycles. The Kier molecular flexibility index (Phi) is 7.70. The molecule has 0 fully saturated rings. The van der Waals surface area contributed by atoms with Gasteiger partial charge < -0.3 is 24.8 Å². The molecule has 0 radical (unpaired) electrons. The minimum atomic E-state index is -1.24. The summed E-state index contributed by atoms with van der Waals surface area (Å²) in [4.78, 5) is 13.2. The standard InChI is InChI=1S/C22H30N2O4/c1-22(2,21(25)26)28-19-11-9-17(10-12-19)16-23-13-6-14-27-20-8-5-7-18(15-20)24(3)4/h5,7-12,15,23H,6,13-14,16H2,1-4H3,(H,25,26). The Labute approximate surface area is 167 Å². The maximum absolute atomic E-state index is 11.1. The molecule has 2 rings (SSSR count). The molecule has 0 saturated heterocycles. The van der Waals surface area contributed by atoms with Crippen molar-refractivity contribution in [3.05, 3.63) is 54.1 Å². The van der Waals surface area contributed by atoms with Crippen LogP contribution in [0.15, 0.2) is 48.5 Å². The number of hydrogen-bond donors (Lipinski definition) is 2. The minimum absolute atomic E-state index is 0.546. The van der Waals surface area contributed by atoms with E-state index in [4.69, 9.17) is 14.6 Å². The lowest BCUT2D eigenvalue weighted by molar-refractivity contribution is -0.152. The summed E-state index contributed by atoms with van der Waals surface area (Å²) in [5.41, 5.74) is 0.987. The zero-order valence-electron chi connectivity index (χ0n) is 17.1. The lowest BCUT2D eigenvalue weighted by atomic mass is 10.1. The van der Waals surface area contributed by atoms with Crippen molar-refractivity contribution in [2.45, 2.75) is 32.4 Å². The van der Waals surface area contributed by atoms with Crippen LogP contribution in [-0.4, -0.2) is 43.9 Å². The molecule has 28 heavy (non-hydrogen) atoms. The van der Waals surface area contributed by atoms with Crippen LogP contribution in [0.1, 0.15) is 25.8 Å². The number of aliphatic carboxylic acids is 1. The number of hydrogen-bond acceptors (Lipinski definition) is 5. The zero-order valence-corrected chi connectivity index (χ0v) is 17.1. The average Bonchev–Trinajstić information content (AvgIpc) is 2.65. The SMILES string of the molecule is CN(C)c1cccc(OCCCNCc2ccc(OC(C)(C)C(=O)O)cc2)c1. The molecule has 0 bridgehead atoms. The van der Waals surface area contributed by atoms with E-state index in [-0.39, 0.29) is 0 Å². The average molecular weight is 386 g/mol. The van der Waals surface area contributed by atoms with Crippen LogP contribution in [-0.2, 0) is 11.3 Å². The molecule has 2 N–H and O–H groups in total. The molecule has 6 nitrogen and oxygen atoms in total. The Hall–Kier alpha value is -2.73. The van der Waals surface area contributed by atoms with Gasteiger partial charge in [0.05, 0.1) is 6.61 Å². The first kappa shape index (κ1) is 21.6. The Morgan fingerprint density at radius 2 is 1.82 bits per heavy atom. The highest BCUT2D eigenvalue weighted by atomic mass is 16.5. The number of ether oxygens (including phenoxy) is 2. The monoisotopic (exact) mass is 386 g/mol. The first-order valence-corrected chi connectivity index (χ1v) is 9.40. The molecule has 0 aliphatic heterocycles. The molecule has 0 unspecified atom stereocenters. The van der Waals surface area contributed by atoms with E-state index in [2.05, 4.69) is 5.32 Å². The normalized spacial score (nSPS) is 11.1. The van der Waals surface area contributed by atoms with E-state index in [9.17, 15) is 4.79 Å². The molecular weight excluding hydrogens is 356 g/mol. The maximum Gasteiger partial charge on any atom is 0.347 e. The molecule has 0 spiro atoms. The quantitative estimate of drug-likeness (QED) is 0.576.